The van der Waals surface area contributed by atoms with Crippen LogP contribution in [0.25, 0.3) is 0 Å². The lowest BCUT2D eigenvalue weighted by atomic mass is 10.1. The van der Waals surface area contributed by atoms with Crippen molar-refractivity contribution in [3.63, 3.8) is 0 Å². The second kappa shape index (κ2) is 6.17. The Morgan fingerprint density at radius 3 is 2.95 bits per heavy atom. The Labute approximate surface area is 116 Å². The van der Waals surface area contributed by atoms with E-state index in [1.807, 2.05) is 6.92 Å². The number of aromatic nitrogens is 2. The standard InChI is InChI=1S/C14H16ClFN2O/c1-2-7-18-13(5-6-17-18)14(19)9-10-8-11(16)3-4-12(10)15/h3-6,8,14,19H,2,7,9H2,1H3. The van der Waals surface area contributed by atoms with Crippen molar-refractivity contribution < 1.29 is 9.50 Å². The smallest absolute Gasteiger partial charge is 0.123 e. The normalized spacial score (nSPS) is 12.6. The Kier molecular flexibility index (Phi) is 4.56. The summed E-state index contributed by atoms with van der Waals surface area (Å²) in [5, 5.41) is 14.9. The molecule has 3 nitrogen and oxygen atoms in total. The van der Waals surface area contributed by atoms with E-state index in [0.29, 0.717) is 10.6 Å². The molecule has 19 heavy (non-hydrogen) atoms. The van der Waals surface area contributed by atoms with Gasteiger partial charge >= 0.3 is 0 Å². The molecular formula is C14H16ClFN2O. The fourth-order valence-corrected chi connectivity index (χ4v) is 2.23. The monoisotopic (exact) mass is 282 g/mol. The predicted octanol–water partition coefficient (Wildman–Crippen LogP) is 3.36. The molecule has 0 saturated carbocycles. The summed E-state index contributed by atoms with van der Waals surface area (Å²) in [5.41, 5.74) is 1.32. The largest absolute Gasteiger partial charge is 0.386 e. The van der Waals surface area contributed by atoms with Gasteiger partial charge in [-0.1, -0.05) is 18.5 Å². The molecule has 1 atom stereocenters. The SMILES string of the molecule is CCCn1nccc1C(O)Cc1cc(F)ccc1Cl. The maximum Gasteiger partial charge on any atom is 0.123 e. The Morgan fingerprint density at radius 2 is 2.21 bits per heavy atom. The van der Waals surface area contributed by atoms with Gasteiger partial charge in [0.05, 0.1) is 11.8 Å². The van der Waals surface area contributed by atoms with Crippen molar-refractivity contribution in [1.29, 1.82) is 0 Å². The van der Waals surface area contributed by atoms with E-state index >= 15 is 0 Å². The van der Waals surface area contributed by atoms with Crippen molar-refractivity contribution in [3.05, 3.63) is 52.6 Å². The lowest BCUT2D eigenvalue weighted by molar-refractivity contribution is 0.166. The van der Waals surface area contributed by atoms with E-state index in [4.69, 9.17) is 11.6 Å². The summed E-state index contributed by atoms with van der Waals surface area (Å²) in [6, 6.07) is 5.93. The molecule has 5 heteroatoms. The first-order valence-electron chi connectivity index (χ1n) is 6.25. The number of aliphatic hydroxyl groups is 1. The number of hydrogen-bond donors (Lipinski definition) is 1. The molecule has 2 rings (SSSR count). The number of halogens is 2. The molecule has 0 radical (unpaired) electrons. The van der Waals surface area contributed by atoms with Crippen molar-refractivity contribution in [2.45, 2.75) is 32.4 Å². The summed E-state index contributed by atoms with van der Waals surface area (Å²) in [4.78, 5) is 0. The zero-order valence-electron chi connectivity index (χ0n) is 10.7. The summed E-state index contributed by atoms with van der Waals surface area (Å²) in [7, 11) is 0. The molecule has 1 aromatic carbocycles. The number of aliphatic hydroxyl groups excluding tert-OH is 1. The van der Waals surface area contributed by atoms with Gasteiger partial charge in [0.1, 0.15) is 5.82 Å². The van der Waals surface area contributed by atoms with Crippen LogP contribution in [0.15, 0.2) is 30.5 Å². The van der Waals surface area contributed by atoms with Gasteiger partial charge in [-0.05, 0) is 36.2 Å². The fraction of sp³-hybridized carbons (Fsp3) is 0.357. The summed E-state index contributed by atoms with van der Waals surface area (Å²) >= 11 is 6.00. The van der Waals surface area contributed by atoms with Crippen molar-refractivity contribution in [2.75, 3.05) is 0 Å². The zero-order valence-corrected chi connectivity index (χ0v) is 11.4. The lowest BCUT2D eigenvalue weighted by Gasteiger charge is -2.14. The van der Waals surface area contributed by atoms with Crippen LogP contribution in [-0.4, -0.2) is 14.9 Å². The van der Waals surface area contributed by atoms with Crippen molar-refractivity contribution in [3.8, 4) is 0 Å². The molecule has 0 spiro atoms. The van der Waals surface area contributed by atoms with E-state index in [2.05, 4.69) is 5.10 Å². The third-order valence-corrected chi connectivity index (χ3v) is 3.32. The van der Waals surface area contributed by atoms with Gasteiger partial charge in [-0.15, -0.1) is 0 Å². The number of benzene rings is 1. The van der Waals surface area contributed by atoms with Crippen LogP contribution >= 0.6 is 11.6 Å². The summed E-state index contributed by atoms with van der Waals surface area (Å²) in [6.45, 7) is 2.79. The average Bonchev–Trinajstić information content (AvgIpc) is 2.82. The van der Waals surface area contributed by atoms with Crippen LogP contribution in [0.3, 0.4) is 0 Å². The van der Waals surface area contributed by atoms with Gasteiger partial charge in [-0.3, -0.25) is 4.68 Å². The van der Waals surface area contributed by atoms with E-state index in [-0.39, 0.29) is 12.2 Å². The maximum absolute atomic E-state index is 13.2. The minimum absolute atomic E-state index is 0.270. The van der Waals surface area contributed by atoms with Gasteiger partial charge in [-0.2, -0.15) is 5.10 Å². The van der Waals surface area contributed by atoms with Gasteiger partial charge in [0.25, 0.3) is 0 Å². The average molecular weight is 283 g/mol. The zero-order chi connectivity index (χ0) is 13.8. The minimum atomic E-state index is -0.742. The second-order valence-corrected chi connectivity index (χ2v) is 4.84. The quantitative estimate of drug-likeness (QED) is 0.913. The highest BCUT2D eigenvalue weighted by atomic mass is 35.5. The highest BCUT2D eigenvalue weighted by Gasteiger charge is 2.15. The third-order valence-electron chi connectivity index (χ3n) is 2.95. The van der Waals surface area contributed by atoms with Crippen LogP contribution < -0.4 is 0 Å². The maximum atomic E-state index is 13.2. The summed E-state index contributed by atoms with van der Waals surface area (Å²) in [5.74, 6) is -0.353. The summed E-state index contributed by atoms with van der Waals surface area (Å²) in [6.07, 6.45) is 2.11. The number of nitrogens with zero attached hydrogens (tertiary/aromatic N) is 2. The molecular weight excluding hydrogens is 267 g/mol. The summed E-state index contributed by atoms with van der Waals surface area (Å²) < 4.78 is 14.9. The van der Waals surface area contributed by atoms with Crippen LogP contribution in [0.2, 0.25) is 5.02 Å². The van der Waals surface area contributed by atoms with Crippen LogP contribution in [0.5, 0.6) is 0 Å². The molecule has 0 saturated heterocycles. The Bertz CT molecular complexity index is 556. The van der Waals surface area contributed by atoms with Crippen molar-refractivity contribution in [2.24, 2.45) is 0 Å². The molecule has 0 amide bonds. The molecule has 1 heterocycles. The predicted molar refractivity (Wildman–Crippen MR) is 72.6 cm³/mol. The van der Waals surface area contributed by atoms with Gasteiger partial charge in [-0.25, -0.2) is 4.39 Å². The van der Waals surface area contributed by atoms with Crippen molar-refractivity contribution in [1.82, 2.24) is 9.78 Å². The van der Waals surface area contributed by atoms with E-state index in [1.54, 1.807) is 16.9 Å². The van der Waals surface area contributed by atoms with Crippen LogP contribution in [0.1, 0.15) is 30.7 Å². The molecule has 1 aromatic heterocycles. The van der Waals surface area contributed by atoms with Crippen LogP contribution in [0, 0.1) is 5.82 Å². The molecule has 0 aliphatic heterocycles. The molecule has 102 valence electrons. The van der Waals surface area contributed by atoms with E-state index in [0.717, 1.165) is 18.7 Å². The lowest BCUT2D eigenvalue weighted by Crippen LogP contribution is -2.11. The molecule has 1 unspecified atom stereocenters. The number of rotatable bonds is 5. The highest BCUT2D eigenvalue weighted by Crippen LogP contribution is 2.24. The van der Waals surface area contributed by atoms with Gasteiger partial charge in [0.2, 0.25) is 0 Å². The van der Waals surface area contributed by atoms with Gasteiger partial charge < -0.3 is 5.11 Å². The molecule has 0 aliphatic carbocycles. The van der Waals surface area contributed by atoms with Crippen LogP contribution in [0.4, 0.5) is 4.39 Å². The van der Waals surface area contributed by atoms with Crippen molar-refractivity contribution >= 4 is 11.6 Å². The first-order valence-corrected chi connectivity index (χ1v) is 6.63. The van der Waals surface area contributed by atoms with Gasteiger partial charge in [0, 0.05) is 24.2 Å². The first kappa shape index (κ1) is 14.0. The number of hydrogen-bond acceptors (Lipinski definition) is 2. The van der Waals surface area contributed by atoms with E-state index < -0.39 is 6.10 Å². The van der Waals surface area contributed by atoms with E-state index in [1.165, 1.54) is 18.2 Å². The molecule has 0 fully saturated rings. The third kappa shape index (κ3) is 3.33. The molecule has 2 aromatic rings. The Morgan fingerprint density at radius 1 is 1.42 bits per heavy atom. The minimum Gasteiger partial charge on any atom is -0.386 e. The van der Waals surface area contributed by atoms with Crippen LogP contribution in [-0.2, 0) is 13.0 Å². The fourth-order valence-electron chi connectivity index (χ4n) is 2.04. The van der Waals surface area contributed by atoms with Gasteiger partial charge in [0.15, 0.2) is 0 Å². The highest BCUT2D eigenvalue weighted by molar-refractivity contribution is 6.31. The Hall–Kier alpha value is -1.39. The first-order chi connectivity index (χ1) is 9.11. The molecule has 0 bridgehead atoms. The topological polar surface area (TPSA) is 38.0 Å². The van der Waals surface area contributed by atoms with E-state index in [9.17, 15) is 9.50 Å². The number of aryl methyl sites for hydroxylation is 1. The molecule has 0 aliphatic rings. The Balaban J connectivity index is 2.18. The molecule has 1 N–H and O–H groups in total. The second-order valence-electron chi connectivity index (χ2n) is 4.43.